The number of aliphatic hydroxyl groups excluding tert-OH is 1. The van der Waals surface area contributed by atoms with Crippen molar-refractivity contribution in [1.29, 1.82) is 0 Å². The molecule has 0 aromatic heterocycles. The van der Waals surface area contributed by atoms with E-state index in [1.807, 2.05) is 0 Å². The molecule has 4 bridgehead atoms. The topological polar surface area (TPSA) is 53.8 Å². The third kappa shape index (κ3) is 3.78. The first kappa shape index (κ1) is 15.3. The summed E-state index contributed by atoms with van der Waals surface area (Å²) >= 11 is 0. The molecule has 1 atom stereocenters. The van der Waals surface area contributed by atoms with E-state index in [1.54, 1.807) is 0 Å². The Bertz CT molecular complexity index is 370. The summed E-state index contributed by atoms with van der Waals surface area (Å²) in [6, 6.07) is 0. The normalized spacial score (nSPS) is 35.9. The smallest absolute Gasteiger partial charge is 0.144 e. The average Bonchev–Trinajstić information content (AvgIpc) is 2.38. The van der Waals surface area contributed by atoms with Gasteiger partial charge in [0.15, 0.2) is 0 Å². The molecule has 0 heterocycles. The fourth-order valence-electron chi connectivity index (χ4n) is 4.50. The Balaban J connectivity index is 1.46. The van der Waals surface area contributed by atoms with Gasteiger partial charge in [-0.15, -0.1) is 0 Å². The highest BCUT2D eigenvalue weighted by Gasteiger charge is 2.46. The van der Waals surface area contributed by atoms with E-state index in [-0.39, 0.29) is 5.54 Å². The molecule has 21 heavy (non-hydrogen) atoms. The maximum Gasteiger partial charge on any atom is 0.144 e. The molecule has 4 rings (SSSR count). The van der Waals surface area contributed by atoms with E-state index in [0.29, 0.717) is 25.0 Å². The van der Waals surface area contributed by atoms with Crippen molar-refractivity contribution in [3.63, 3.8) is 0 Å². The van der Waals surface area contributed by atoms with Gasteiger partial charge in [0.05, 0.1) is 5.71 Å². The second kappa shape index (κ2) is 5.88. The highest BCUT2D eigenvalue weighted by molar-refractivity contribution is 5.90. The van der Waals surface area contributed by atoms with Gasteiger partial charge in [0.2, 0.25) is 0 Å². The summed E-state index contributed by atoms with van der Waals surface area (Å²) in [5, 5.41) is 17.7. The lowest BCUT2D eigenvalue weighted by atomic mass is 9.55. The molecule has 0 spiro atoms. The van der Waals surface area contributed by atoms with E-state index in [1.165, 1.54) is 37.8 Å². The van der Waals surface area contributed by atoms with Crippen LogP contribution in [0.4, 0.5) is 0 Å². The van der Waals surface area contributed by atoms with E-state index < -0.39 is 6.10 Å². The van der Waals surface area contributed by atoms with Crippen molar-refractivity contribution >= 4 is 5.71 Å². The molecule has 120 valence electrons. The quantitative estimate of drug-likeness (QED) is 0.766. The highest BCUT2D eigenvalue weighted by Crippen LogP contribution is 2.52. The molecular weight excluding hydrogens is 264 g/mol. The number of nitrogens with zero attached hydrogens (tertiary/aromatic N) is 1. The van der Waals surface area contributed by atoms with E-state index >= 15 is 0 Å². The number of oxime groups is 1. The molecule has 4 heteroatoms. The molecule has 2 N–H and O–H groups in total. The van der Waals surface area contributed by atoms with Gasteiger partial charge in [-0.3, -0.25) is 0 Å². The van der Waals surface area contributed by atoms with Crippen LogP contribution in [-0.2, 0) is 4.84 Å². The van der Waals surface area contributed by atoms with Gasteiger partial charge in [-0.05, 0) is 64.7 Å². The molecule has 4 aliphatic rings. The molecule has 0 saturated heterocycles. The Labute approximate surface area is 128 Å². The molecule has 4 nitrogen and oxygen atoms in total. The first-order valence-corrected chi connectivity index (χ1v) is 8.53. The van der Waals surface area contributed by atoms with E-state index in [4.69, 9.17) is 4.84 Å². The minimum atomic E-state index is -0.495. The second-order valence-electron chi connectivity index (χ2n) is 8.40. The minimum Gasteiger partial charge on any atom is -0.393 e. The van der Waals surface area contributed by atoms with Crippen LogP contribution in [0.1, 0.15) is 52.9 Å². The van der Waals surface area contributed by atoms with Crippen molar-refractivity contribution in [2.75, 3.05) is 13.2 Å². The zero-order chi connectivity index (χ0) is 15.0. The molecule has 4 saturated carbocycles. The van der Waals surface area contributed by atoms with Gasteiger partial charge in [-0.2, -0.15) is 0 Å². The molecule has 0 aromatic rings. The minimum absolute atomic E-state index is 0.0221. The fourth-order valence-corrected chi connectivity index (χ4v) is 4.50. The lowest BCUT2D eigenvalue weighted by molar-refractivity contribution is 0.0306. The molecule has 0 aromatic carbocycles. The van der Waals surface area contributed by atoms with E-state index in [9.17, 15) is 5.11 Å². The molecule has 4 fully saturated rings. The largest absolute Gasteiger partial charge is 0.393 e. The first-order chi connectivity index (χ1) is 9.90. The summed E-state index contributed by atoms with van der Waals surface area (Å²) in [5.41, 5.74) is 1.33. The number of rotatable bonds is 5. The zero-order valence-electron chi connectivity index (χ0n) is 13.6. The summed E-state index contributed by atoms with van der Waals surface area (Å²) < 4.78 is 0. The van der Waals surface area contributed by atoms with E-state index in [0.717, 1.165) is 11.8 Å². The number of hydrogen-bond donors (Lipinski definition) is 2. The summed E-state index contributed by atoms with van der Waals surface area (Å²) in [7, 11) is 0. The van der Waals surface area contributed by atoms with Crippen LogP contribution in [0, 0.1) is 23.7 Å². The predicted molar refractivity (Wildman–Crippen MR) is 84.2 cm³/mol. The van der Waals surface area contributed by atoms with Crippen LogP contribution in [0.5, 0.6) is 0 Å². The first-order valence-electron chi connectivity index (χ1n) is 8.53. The monoisotopic (exact) mass is 294 g/mol. The van der Waals surface area contributed by atoms with Crippen molar-refractivity contribution in [1.82, 2.24) is 5.32 Å². The SMILES string of the molecule is CC(C)(C)NCC(O)CON=C1C2CC3CC(C2)CC1C3. The van der Waals surface area contributed by atoms with Crippen LogP contribution < -0.4 is 5.32 Å². The molecule has 0 radical (unpaired) electrons. The maximum absolute atomic E-state index is 9.94. The number of nitrogens with one attached hydrogen (secondary N) is 1. The van der Waals surface area contributed by atoms with Gasteiger partial charge < -0.3 is 15.3 Å². The van der Waals surface area contributed by atoms with Crippen molar-refractivity contribution in [2.45, 2.75) is 64.5 Å². The van der Waals surface area contributed by atoms with Gasteiger partial charge >= 0.3 is 0 Å². The van der Waals surface area contributed by atoms with Crippen molar-refractivity contribution in [3.05, 3.63) is 0 Å². The highest BCUT2D eigenvalue weighted by atomic mass is 16.6. The van der Waals surface area contributed by atoms with Crippen molar-refractivity contribution < 1.29 is 9.94 Å². The second-order valence-corrected chi connectivity index (χ2v) is 8.40. The lowest BCUT2D eigenvalue weighted by Crippen LogP contribution is -2.45. The van der Waals surface area contributed by atoms with Gasteiger partial charge in [-0.25, -0.2) is 0 Å². The summed E-state index contributed by atoms with van der Waals surface area (Å²) in [4.78, 5) is 5.48. The number of hydrogen-bond acceptors (Lipinski definition) is 4. The van der Waals surface area contributed by atoms with Crippen molar-refractivity contribution in [2.24, 2.45) is 28.8 Å². The van der Waals surface area contributed by atoms with Gasteiger partial charge in [0.1, 0.15) is 12.7 Å². The van der Waals surface area contributed by atoms with Crippen LogP contribution in [0.15, 0.2) is 5.16 Å². The van der Waals surface area contributed by atoms with Crippen LogP contribution in [0.25, 0.3) is 0 Å². The summed E-state index contributed by atoms with van der Waals surface area (Å²) in [6.07, 6.45) is 6.25. The molecular formula is C17H30N2O2. The summed E-state index contributed by atoms with van der Waals surface area (Å²) in [6.45, 7) is 7.12. The lowest BCUT2D eigenvalue weighted by Gasteiger charge is -2.49. The van der Waals surface area contributed by atoms with Crippen LogP contribution in [-0.4, -0.2) is 35.6 Å². The molecule has 4 aliphatic carbocycles. The van der Waals surface area contributed by atoms with Gasteiger partial charge in [0.25, 0.3) is 0 Å². The Morgan fingerprint density at radius 3 is 2.24 bits per heavy atom. The summed E-state index contributed by atoms with van der Waals surface area (Å²) in [5.74, 6) is 3.25. The van der Waals surface area contributed by atoms with Crippen LogP contribution in [0.3, 0.4) is 0 Å². The number of β-amino-alcohol motifs (C(OH)–C–C–N with tert-alkyl or cyclic N) is 1. The molecule has 0 amide bonds. The third-order valence-corrected chi connectivity index (χ3v) is 5.28. The average molecular weight is 294 g/mol. The van der Waals surface area contributed by atoms with Crippen LogP contribution in [0.2, 0.25) is 0 Å². The van der Waals surface area contributed by atoms with Crippen molar-refractivity contribution in [3.8, 4) is 0 Å². The predicted octanol–water partition coefficient (Wildman–Crippen LogP) is 2.56. The Morgan fingerprint density at radius 2 is 1.71 bits per heavy atom. The van der Waals surface area contributed by atoms with Gasteiger partial charge in [0, 0.05) is 23.9 Å². The third-order valence-electron chi connectivity index (χ3n) is 5.28. The van der Waals surface area contributed by atoms with Crippen LogP contribution >= 0.6 is 0 Å². The Morgan fingerprint density at radius 1 is 1.14 bits per heavy atom. The maximum atomic E-state index is 9.94. The Hall–Kier alpha value is -0.610. The zero-order valence-corrected chi connectivity index (χ0v) is 13.6. The number of aliphatic hydroxyl groups is 1. The standard InChI is InChI=1S/C17H30N2O2/c1-17(2,3)18-9-15(20)10-21-19-16-13-5-11-4-12(7-13)8-14(16)6-11/h11-15,18,20H,4-10H2,1-3H3. The molecule has 1 unspecified atom stereocenters. The Kier molecular flexibility index (Phi) is 4.28. The molecule has 0 aliphatic heterocycles. The van der Waals surface area contributed by atoms with Gasteiger partial charge in [-0.1, -0.05) is 5.16 Å². The fraction of sp³-hybridized carbons (Fsp3) is 0.941. The van der Waals surface area contributed by atoms with E-state index in [2.05, 4.69) is 31.2 Å².